The van der Waals surface area contributed by atoms with Crippen LogP contribution in [-0.2, 0) is 11.2 Å². The average Bonchev–Trinajstić information content (AvgIpc) is 2.95. The molecular weight excluding hydrogens is 272 g/mol. The first-order valence-corrected chi connectivity index (χ1v) is 6.63. The summed E-state index contributed by atoms with van der Waals surface area (Å²) in [4.78, 5) is 24.1. The lowest BCUT2D eigenvalue weighted by Gasteiger charge is -2.20. The van der Waals surface area contributed by atoms with Crippen molar-refractivity contribution in [2.24, 2.45) is 0 Å². The van der Waals surface area contributed by atoms with Gasteiger partial charge in [0.25, 0.3) is 0 Å². The summed E-state index contributed by atoms with van der Waals surface area (Å²) in [7, 11) is 0. The van der Waals surface area contributed by atoms with Crippen molar-refractivity contribution in [2.45, 2.75) is 31.9 Å². The quantitative estimate of drug-likeness (QED) is 0.728. The number of anilines is 1. The van der Waals surface area contributed by atoms with Gasteiger partial charge in [-0.2, -0.15) is 0 Å². The summed E-state index contributed by atoms with van der Waals surface area (Å²) in [6.07, 6.45) is -0.0558. The van der Waals surface area contributed by atoms with Gasteiger partial charge in [-0.1, -0.05) is 18.3 Å². The summed E-state index contributed by atoms with van der Waals surface area (Å²) in [6, 6.07) is -1.59. The highest BCUT2D eigenvalue weighted by Gasteiger charge is 2.39. The van der Waals surface area contributed by atoms with E-state index in [9.17, 15) is 14.7 Å². The molecule has 0 spiro atoms. The highest BCUT2D eigenvalue weighted by molar-refractivity contribution is 7.15. The molecule has 0 saturated carbocycles. The molecule has 0 bridgehead atoms. The molecule has 2 heterocycles. The topological polar surface area (TPSA) is 116 Å². The van der Waals surface area contributed by atoms with Crippen molar-refractivity contribution in [2.75, 3.05) is 11.9 Å². The fourth-order valence-corrected chi connectivity index (χ4v) is 2.55. The number of carboxylic acids is 1. The van der Waals surface area contributed by atoms with Crippen LogP contribution in [0, 0.1) is 0 Å². The van der Waals surface area contributed by atoms with Gasteiger partial charge in [-0.25, -0.2) is 9.59 Å². The summed E-state index contributed by atoms with van der Waals surface area (Å²) in [6.45, 7) is 1.92. The molecule has 0 radical (unpaired) electrons. The highest BCUT2D eigenvalue weighted by atomic mass is 32.1. The van der Waals surface area contributed by atoms with Gasteiger partial charge in [-0.15, -0.1) is 10.2 Å². The van der Waals surface area contributed by atoms with Gasteiger partial charge >= 0.3 is 12.0 Å². The molecule has 0 unspecified atom stereocenters. The van der Waals surface area contributed by atoms with Crippen LogP contribution in [0.1, 0.15) is 18.4 Å². The van der Waals surface area contributed by atoms with Crippen molar-refractivity contribution in [3.63, 3.8) is 0 Å². The number of aliphatic hydroxyl groups excluding tert-OH is 1. The van der Waals surface area contributed by atoms with Gasteiger partial charge in [0.1, 0.15) is 11.0 Å². The van der Waals surface area contributed by atoms with Crippen molar-refractivity contribution >= 4 is 28.5 Å². The van der Waals surface area contributed by atoms with Crippen LogP contribution in [0.5, 0.6) is 0 Å². The Kier molecular flexibility index (Phi) is 3.96. The van der Waals surface area contributed by atoms with E-state index < -0.39 is 24.1 Å². The zero-order valence-electron chi connectivity index (χ0n) is 10.2. The second kappa shape index (κ2) is 5.49. The number of aliphatic hydroxyl groups is 1. The molecule has 1 aromatic heterocycles. The summed E-state index contributed by atoms with van der Waals surface area (Å²) < 4.78 is 0. The molecule has 2 amide bonds. The smallest absolute Gasteiger partial charge is 0.326 e. The van der Waals surface area contributed by atoms with E-state index in [0.717, 1.165) is 9.91 Å². The number of likely N-dealkylation sites (tertiary alicyclic amines) is 1. The Balaban J connectivity index is 2.04. The average molecular weight is 286 g/mol. The molecule has 2 rings (SSSR count). The molecule has 8 nitrogen and oxygen atoms in total. The number of urea groups is 1. The van der Waals surface area contributed by atoms with Crippen LogP contribution in [0.4, 0.5) is 9.93 Å². The van der Waals surface area contributed by atoms with Gasteiger partial charge < -0.3 is 15.1 Å². The molecule has 9 heteroatoms. The molecule has 104 valence electrons. The van der Waals surface area contributed by atoms with Crippen LogP contribution < -0.4 is 5.32 Å². The minimum atomic E-state index is -1.13. The lowest BCUT2D eigenvalue weighted by Crippen LogP contribution is -2.43. The van der Waals surface area contributed by atoms with E-state index >= 15 is 0 Å². The number of hydrogen-bond acceptors (Lipinski definition) is 6. The Morgan fingerprint density at radius 2 is 2.26 bits per heavy atom. The van der Waals surface area contributed by atoms with Crippen molar-refractivity contribution in [3.8, 4) is 0 Å². The Morgan fingerprint density at radius 3 is 2.84 bits per heavy atom. The SMILES string of the molecule is CCc1nnc(NC(=O)N2C[C@@H](O)C[C@H]2C(=O)O)s1. The van der Waals surface area contributed by atoms with Gasteiger partial charge in [0, 0.05) is 13.0 Å². The van der Waals surface area contributed by atoms with Gasteiger partial charge in [0.2, 0.25) is 5.13 Å². The first-order valence-electron chi connectivity index (χ1n) is 5.82. The molecular formula is C10H14N4O4S. The number of nitrogens with zero attached hydrogens (tertiary/aromatic N) is 3. The van der Waals surface area contributed by atoms with E-state index in [1.807, 2.05) is 6.92 Å². The Hall–Kier alpha value is -1.74. The fraction of sp³-hybridized carbons (Fsp3) is 0.600. The van der Waals surface area contributed by atoms with Crippen molar-refractivity contribution < 1.29 is 19.8 Å². The van der Waals surface area contributed by atoms with Crippen LogP contribution >= 0.6 is 11.3 Å². The maximum atomic E-state index is 12.0. The number of rotatable bonds is 3. The number of aryl methyl sites for hydroxylation is 1. The fourth-order valence-electron chi connectivity index (χ4n) is 1.88. The number of carbonyl (C=O) groups excluding carboxylic acids is 1. The Morgan fingerprint density at radius 1 is 1.53 bits per heavy atom. The van der Waals surface area contributed by atoms with Crippen LogP contribution in [0.25, 0.3) is 0 Å². The van der Waals surface area contributed by atoms with E-state index in [-0.39, 0.29) is 13.0 Å². The maximum Gasteiger partial charge on any atom is 0.326 e. The molecule has 0 aliphatic carbocycles. The standard InChI is InChI=1S/C10H14N4O4S/c1-2-7-12-13-9(19-7)11-10(18)14-4-5(15)3-6(14)8(16)17/h5-6,15H,2-4H2,1H3,(H,16,17)(H,11,13,18)/t5-,6-/m0/s1. The van der Waals surface area contributed by atoms with Crippen LogP contribution in [0.15, 0.2) is 0 Å². The first kappa shape index (κ1) is 13.7. The lowest BCUT2D eigenvalue weighted by atomic mass is 10.2. The predicted octanol–water partition coefficient (Wildman–Crippen LogP) is 0.152. The zero-order valence-corrected chi connectivity index (χ0v) is 11.1. The Bertz CT molecular complexity index is 492. The lowest BCUT2D eigenvalue weighted by molar-refractivity contribution is -0.141. The van der Waals surface area contributed by atoms with Gasteiger partial charge in [0.05, 0.1) is 6.10 Å². The number of hydrogen-bond donors (Lipinski definition) is 3. The monoisotopic (exact) mass is 286 g/mol. The number of carboxylic acid groups (broad SMARTS) is 1. The summed E-state index contributed by atoms with van der Waals surface area (Å²) in [5, 5.41) is 29.7. The second-order valence-electron chi connectivity index (χ2n) is 4.18. The van der Waals surface area contributed by atoms with Gasteiger partial charge in [-0.3, -0.25) is 5.32 Å². The summed E-state index contributed by atoms with van der Waals surface area (Å²) in [5.41, 5.74) is 0. The minimum absolute atomic E-state index is 0.00222. The highest BCUT2D eigenvalue weighted by Crippen LogP contribution is 2.21. The third kappa shape index (κ3) is 2.99. The maximum absolute atomic E-state index is 12.0. The second-order valence-corrected chi connectivity index (χ2v) is 5.24. The molecule has 2 atom stereocenters. The first-order chi connectivity index (χ1) is 9.01. The van der Waals surface area contributed by atoms with Crippen molar-refractivity contribution in [3.05, 3.63) is 5.01 Å². The van der Waals surface area contributed by atoms with Gasteiger partial charge in [-0.05, 0) is 6.42 Å². The number of aliphatic carboxylic acids is 1. The summed E-state index contributed by atoms with van der Waals surface area (Å²) in [5.74, 6) is -1.13. The van der Waals surface area contributed by atoms with Gasteiger partial charge in [0.15, 0.2) is 0 Å². The summed E-state index contributed by atoms with van der Waals surface area (Å²) >= 11 is 1.24. The van der Waals surface area contributed by atoms with Crippen molar-refractivity contribution in [1.82, 2.24) is 15.1 Å². The van der Waals surface area contributed by atoms with Crippen LogP contribution in [0.2, 0.25) is 0 Å². The predicted molar refractivity (Wildman–Crippen MR) is 67.1 cm³/mol. The van der Waals surface area contributed by atoms with E-state index in [2.05, 4.69) is 15.5 Å². The zero-order chi connectivity index (χ0) is 14.0. The normalized spacial score (nSPS) is 22.5. The van der Waals surface area contributed by atoms with E-state index in [0.29, 0.717) is 11.6 Å². The number of β-amino-alcohol motifs (C(OH)–C–C–N with tert-alkyl or cyclic N) is 1. The van der Waals surface area contributed by atoms with E-state index in [1.54, 1.807) is 0 Å². The Labute approximate surface area is 113 Å². The molecule has 19 heavy (non-hydrogen) atoms. The molecule has 3 N–H and O–H groups in total. The molecule has 1 fully saturated rings. The minimum Gasteiger partial charge on any atom is -0.480 e. The van der Waals surface area contributed by atoms with Crippen LogP contribution in [0.3, 0.4) is 0 Å². The molecule has 0 aromatic carbocycles. The molecule has 1 saturated heterocycles. The largest absolute Gasteiger partial charge is 0.480 e. The molecule has 1 aliphatic rings. The van der Waals surface area contributed by atoms with E-state index in [1.165, 1.54) is 11.3 Å². The number of amides is 2. The van der Waals surface area contributed by atoms with Crippen LogP contribution in [-0.4, -0.2) is 56.0 Å². The number of nitrogens with one attached hydrogen (secondary N) is 1. The van der Waals surface area contributed by atoms with E-state index in [4.69, 9.17) is 5.11 Å². The molecule has 1 aromatic rings. The third-order valence-corrected chi connectivity index (χ3v) is 3.79. The third-order valence-electron chi connectivity index (χ3n) is 2.81. The molecule has 1 aliphatic heterocycles. The number of aromatic nitrogens is 2. The van der Waals surface area contributed by atoms with Crippen molar-refractivity contribution in [1.29, 1.82) is 0 Å². The number of carbonyl (C=O) groups is 2.